The van der Waals surface area contributed by atoms with Crippen molar-refractivity contribution in [2.24, 2.45) is 5.92 Å². The second-order valence-corrected chi connectivity index (χ2v) is 5.14. The van der Waals surface area contributed by atoms with Gasteiger partial charge in [0.05, 0.1) is 5.92 Å². The number of rotatable bonds is 3. The minimum Gasteiger partial charge on any atom is -0.326 e. The maximum atomic E-state index is 12.0. The molecule has 3 nitrogen and oxygen atoms in total. The fourth-order valence-electron chi connectivity index (χ4n) is 1.99. The van der Waals surface area contributed by atoms with E-state index in [2.05, 4.69) is 10.6 Å². The highest BCUT2D eigenvalue weighted by atomic mass is 35.5. The first kappa shape index (κ1) is 15.3. The molecule has 1 aromatic carbocycles. The molecule has 0 aromatic heterocycles. The molecule has 1 amide bonds. The van der Waals surface area contributed by atoms with Crippen molar-refractivity contribution >= 4 is 35.8 Å². The van der Waals surface area contributed by atoms with Gasteiger partial charge < -0.3 is 10.6 Å². The normalized spacial score (nSPS) is 18.8. The Hall–Kier alpha value is -0.710. The highest BCUT2D eigenvalue weighted by molar-refractivity contribution is 7.98. The monoisotopic (exact) mass is 286 g/mol. The molecule has 18 heavy (non-hydrogen) atoms. The average molecular weight is 287 g/mol. The largest absolute Gasteiger partial charge is 0.326 e. The van der Waals surface area contributed by atoms with Crippen molar-refractivity contribution in [3.63, 3.8) is 0 Å². The van der Waals surface area contributed by atoms with Gasteiger partial charge in [-0.15, -0.1) is 24.2 Å². The molecule has 1 fully saturated rings. The molecule has 1 heterocycles. The standard InChI is InChI=1S/C13H18N2OS.ClH/c1-17-12-6-4-11(5-7-12)15-13(16)10-3-2-8-14-9-10;/h4-7,10,14H,2-3,8-9H2,1H3,(H,15,16);1H. The lowest BCUT2D eigenvalue weighted by Crippen LogP contribution is -2.37. The number of carbonyl (C=O) groups excluding carboxylic acids is 1. The number of hydrogen-bond donors (Lipinski definition) is 2. The van der Waals surface area contributed by atoms with Crippen molar-refractivity contribution in [3.8, 4) is 0 Å². The summed E-state index contributed by atoms with van der Waals surface area (Å²) in [6.07, 6.45) is 4.12. The van der Waals surface area contributed by atoms with Gasteiger partial charge in [0.1, 0.15) is 0 Å². The van der Waals surface area contributed by atoms with E-state index in [4.69, 9.17) is 0 Å². The van der Waals surface area contributed by atoms with Crippen molar-refractivity contribution in [2.75, 3.05) is 24.7 Å². The quantitative estimate of drug-likeness (QED) is 0.840. The Morgan fingerprint density at radius 3 is 2.67 bits per heavy atom. The first-order valence-corrected chi connectivity index (χ1v) is 7.17. The van der Waals surface area contributed by atoms with Gasteiger partial charge in [-0.1, -0.05) is 0 Å². The molecule has 1 aliphatic rings. The molecule has 1 aromatic rings. The predicted octanol–water partition coefficient (Wildman–Crippen LogP) is 2.77. The molecule has 1 unspecified atom stereocenters. The minimum absolute atomic E-state index is 0. The third kappa shape index (κ3) is 4.19. The molecule has 2 rings (SSSR count). The number of halogens is 1. The van der Waals surface area contributed by atoms with E-state index in [-0.39, 0.29) is 24.2 Å². The second kappa shape index (κ2) is 7.67. The van der Waals surface area contributed by atoms with Gasteiger partial charge in [-0.05, 0) is 49.9 Å². The molecule has 0 bridgehead atoms. The van der Waals surface area contributed by atoms with Crippen LogP contribution < -0.4 is 10.6 Å². The van der Waals surface area contributed by atoms with Crippen molar-refractivity contribution in [3.05, 3.63) is 24.3 Å². The van der Waals surface area contributed by atoms with Gasteiger partial charge in [0.2, 0.25) is 5.91 Å². The van der Waals surface area contributed by atoms with E-state index in [0.29, 0.717) is 0 Å². The number of carbonyl (C=O) groups is 1. The van der Waals surface area contributed by atoms with Crippen LogP contribution in [0.2, 0.25) is 0 Å². The number of benzene rings is 1. The molecule has 2 N–H and O–H groups in total. The van der Waals surface area contributed by atoms with Gasteiger partial charge >= 0.3 is 0 Å². The maximum absolute atomic E-state index is 12.0. The molecule has 100 valence electrons. The van der Waals surface area contributed by atoms with Crippen molar-refractivity contribution in [1.29, 1.82) is 0 Å². The molecule has 0 radical (unpaired) electrons. The Kier molecular flexibility index (Phi) is 6.54. The van der Waals surface area contributed by atoms with Crippen LogP contribution >= 0.6 is 24.2 Å². The fourth-order valence-corrected chi connectivity index (χ4v) is 2.40. The van der Waals surface area contributed by atoms with Gasteiger partial charge in [-0.3, -0.25) is 4.79 Å². The van der Waals surface area contributed by atoms with E-state index in [1.54, 1.807) is 11.8 Å². The van der Waals surface area contributed by atoms with Crippen LogP contribution in [-0.4, -0.2) is 25.3 Å². The van der Waals surface area contributed by atoms with Crippen LogP contribution in [0.25, 0.3) is 0 Å². The van der Waals surface area contributed by atoms with Crippen LogP contribution in [-0.2, 0) is 4.79 Å². The van der Waals surface area contributed by atoms with Crippen LogP contribution in [0.4, 0.5) is 5.69 Å². The van der Waals surface area contributed by atoms with Gasteiger partial charge in [-0.25, -0.2) is 0 Å². The summed E-state index contributed by atoms with van der Waals surface area (Å²) < 4.78 is 0. The summed E-state index contributed by atoms with van der Waals surface area (Å²) in [4.78, 5) is 13.2. The molecule has 0 aliphatic carbocycles. The molecule has 1 aliphatic heterocycles. The Labute approximate surface area is 119 Å². The number of piperidine rings is 1. The Morgan fingerprint density at radius 2 is 2.11 bits per heavy atom. The molecule has 0 spiro atoms. The first-order chi connectivity index (χ1) is 8.29. The smallest absolute Gasteiger partial charge is 0.228 e. The summed E-state index contributed by atoms with van der Waals surface area (Å²) in [5.41, 5.74) is 0.887. The van der Waals surface area contributed by atoms with Crippen molar-refractivity contribution < 1.29 is 4.79 Å². The van der Waals surface area contributed by atoms with Gasteiger partial charge in [-0.2, -0.15) is 0 Å². The fraction of sp³-hybridized carbons (Fsp3) is 0.462. The van der Waals surface area contributed by atoms with Crippen LogP contribution in [0.15, 0.2) is 29.2 Å². The summed E-state index contributed by atoms with van der Waals surface area (Å²) in [6, 6.07) is 7.97. The van der Waals surface area contributed by atoms with Crippen LogP contribution in [0.3, 0.4) is 0 Å². The third-order valence-corrected chi connectivity index (χ3v) is 3.77. The van der Waals surface area contributed by atoms with E-state index < -0.39 is 0 Å². The van der Waals surface area contributed by atoms with Gasteiger partial charge in [0.15, 0.2) is 0 Å². The lowest BCUT2D eigenvalue weighted by Gasteiger charge is -2.21. The molecule has 1 saturated heterocycles. The molecule has 1 atom stereocenters. The molecule has 5 heteroatoms. The van der Waals surface area contributed by atoms with E-state index in [1.165, 1.54) is 4.90 Å². The highest BCUT2D eigenvalue weighted by Gasteiger charge is 2.20. The number of anilines is 1. The summed E-state index contributed by atoms with van der Waals surface area (Å²) >= 11 is 1.70. The molecular formula is C13H19ClN2OS. The van der Waals surface area contributed by atoms with E-state index in [0.717, 1.165) is 31.6 Å². The Morgan fingerprint density at radius 1 is 1.39 bits per heavy atom. The van der Waals surface area contributed by atoms with Gasteiger partial charge in [0.25, 0.3) is 0 Å². The van der Waals surface area contributed by atoms with Crippen LogP contribution in [0, 0.1) is 5.92 Å². The number of hydrogen-bond acceptors (Lipinski definition) is 3. The van der Waals surface area contributed by atoms with Crippen molar-refractivity contribution in [1.82, 2.24) is 5.32 Å². The van der Waals surface area contributed by atoms with E-state index in [1.807, 2.05) is 30.5 Å². The number of thioether (sulfide) groups is 1. The Bertz CT molecular complexity index is 377. The zero-order valence-electron chi connectivity index (χ0n) is 10.4. The van der Waals surface area contributed by atoms with E-state index >= 15 is 0 Å². The minimum atomic E-state index is 0. The Balaban J connectivity index is 0.00000162. The van der Waals surface area contributed by atoms with Crippen molar-refractivity contribution in [2.45, 2.75) is 17.7 Å². The lowest BCUT2D eigenvalue weighted by atomic mass is 9.99. The number of amides is 1. The third-order valence-electron chi connectivity index (χ3n) is 3.03. The molecule has 0 saturated carbocycles. The SMILES string of the molecule is CSc1ccc(NC(=O)C2CCCNC2)cc1.Cl. The number of nitrogens with one attached hydrogen (secondary N) is 2. The first-order valence-electron chi connectivity index (χ1n) is 5.95. The molecular weight excluding hydrogens is 268 g/mol. The highest BCUT2D eigenvalue weighted by Crippen LogP contribution is 2.19. The summed E-state index contributed by atoms with van der Waals surface area (Å²) in [5.74, 6) is 0.248. The summed E-state index contributed by atoms with van der Waals surface area (Å²) in [5, 5.41) is 6.23. The average Bonchev–Trinajstić information content (AvgIpc) is 2.40. The second-order valence-electron chi connectivity index (χ2n) is 4.26. The lowest BCUT2D eigenvalue weighted by molar-refractivity contribution is -0.120. The van der Waals surface area contributed by atoms with E-state index in [9.17, 15) is 4.79 Å². The summed E-state index contributed by atoms with van der Waals surface area (Å²) in [7, 11) is 0. The maximum Gasteiger partial charge on any atom is 0.228 e. The predicted molar refractivity (Wildman–Crippen MR) is 79.7 cm³/mol. The van der Waals surface area contributed by atoms with Gasteiger partial charge in [0, 0.05) is 17.1 Å². The zero-order valence-corrected chi connectivity index (χ0v) is 12.1. The zero-order chi connectivity index (χ0) is 12.1. The van der Waals surface area contributed by atoms with Crippen LogP contribution in [0.1, 0.15) is 12.8 Å². The topological polar surface area (TPSA) is 41.1 Å². The van der Waals surface area contributed by atoms with Crippen LogP contribution in [0.5, 0.6) is 0 Å². The summed E-state index contributed by atoms with van der Waals surface area (Å²) in [6.45, 7) is 1.83.